The van der Waals surface area contributed by atoms with Crippen LogP contribution in [0.2, 0.25) is 0 Å². The van der Waals surface area contributed by atoms with Crippen molar-refractivity contribution in [3.05, 3.63) is 24.2 Å². The van der Waals surface area contributed by atoms with Crippen LogP contribution in [-0.2, 0) is 9.53 Å². The molecule has 3 heterocycles. The van der Waals surface area contributed by atoms with Gasteiger partial charge in [0.1, 0.15) is 5.76 Å². The second kappa shape index (κ2) is 8.67. The van der Waals surface area contributed by atoms with E-state index in [9.17, 15) is 4.79 Å². The standard InChI is InChI=1S/C19H30N2O3/c1-23-15-13-20-11-8-16(9-12-20)19(22)21-10-4-2-3-6-17(21)18-7-5-14-24-18/h5,7,14,16-17H,2-4,6,8-13,15H2,1H3. The van der Waals surface area contributed by atoms with Crippen molar-refractivity contribution < 1.29 is 13.9 Å². The molecule has 0 aliphatic carbocycles. The Bertz CT molecular complexity index is 495. The maximum atomic E-state index is 13.2. The second-order valence-corrected chi connectivity index (χ2v) is 7.02. The fraction of sp³-hybridized carbons (Fsp3) is 0.737. The number of nitrogens with zero attached hydrogens (tertiary/aromatic N) is 2. The molecule has 1 aromatic rings. The third kappa shape index (κ3) is 4.19. The van der Waals surface area contributed by atoms with Gasteiger partial charge in [-0.15, -0.1) is 0 Å². The molecule has 2 aliphatic rings. The van der Waals surface area contributed by atoms with Crippen LogP contribution in [0.5, 0.6) is 0 Å². The molecule has 2 aliphatic heterocycles. The minimum atomic E-state index is 0.126. The Hall–Kier alpha value is -1.33. The van der Waals surface area contributed by atoms with Gasteiger partial charge in [0.2, 0.25) is 5.91 Å². The van der Waals surface area contributed by atoms with Gasteiger partial charge in [-0.1, -0.05) is 12.8 Å². The maximum absolute atomic E-state index is 13.2. The predicted molar refractivity (Wildman–Crippen MR) is 92.7 cm³/mol. The fourth-order valence-corrected chi connectivity index (χ4v) is 4.01. The SMILES string of the molecule is COCCN1CCC(C(=O)N2CCCCCC2c2ccco2)CC1. The van der Waals surface area contributed by atoms with E-state index in [1.807, 2.05) is 12.1 Å². The van der Waals surface area contributed by atoms with Crippen LogP contribution < -0.4 is 0 Å². The van der Waals surface area contributed by atoms with Crippen molar-refractivity contribution >= 4 is 5.91 Å². The summed E-state index contributed by atoms with van der Waals surface area (Å²) in [4.78, 5) is 17.7. The van der Waals surface area contributed by atoms with Gasteiger partial charge in [-0.25, -0.2) is 0 Å². The number of likely N-dealkylation sites (tertiary alicyclic amines) is 2. The van der Waals surface area contributed by atoms with E-state index in [1.54, 1.807) is 13.4 Å². The van der Waals surface area contributed by atoms with Crippen LogP contribution >= 0.6 is 0 Å². The van der Waals surface area contributed by atoms with E-state index in [0.29, 0.717) is 5.91 Å². The third-order valence-electron chi connectivity index (χ3n) is 5.46. The summed E-state index contributed by atoms with van der Waals surface area (Å²) in [5, 5.41) is 0. The molecule has 0 spiro atoms. The van der Waals surface area contributed by atoms with Crippen molar-refractivity contribution in [1.29, 1.82) is 0 Å². The number of hydrogen-bond donors (Lipinski definition) is 0. The summed E-state index contributed by atoms with van der Waals surface area (Å²) < 4.78 is 10.8. The van der Waals surface area contributed by atoms with Crippen molar-refractivity contribution in [2.45, 2.75) is 44.6 Å². The Labute approximate surface area is 144 Å². The zero-order valence-corrected chi connectivity index (χ0v) is 14.8. The Morgan fingerprint density at radius 3 is 2.75 bits per heavy atom. The van der Waals surface area contributed by atoms with E-state index in [2.05, 4.69) is 9.80 Å². The lowest BCUT2D eigenvalue weighted by atomic mass is 9.94. The number of ether oxygens (including phenoxy) is 1. The zero-order valence-electron chi connectivity index (χ0n) is 14.8. The van der Waals surface area contributed by atoms with Crippen molar-refractivity contribution in [3.8, 4) is 0 Å². The van der Waals surface area contributed by atoms with Crippen LogP contribution in [0.1, 0.15) is 50.3 Å². The average molecular weight is 334 g/mol. The molecule has 5 heteroatoms. The minimum Gasteiger partial charge on any atom is -0.467 e. The molecule has 3 rings (SSSR count). The molecule has 0 radical (unpaired) electrons. The molecule has 1 atom stereocenters. The van der Waals surface area contributed by atoms with Gasteiger partial charge >= 0.3 is 0 Å². The first-order chi connectivity index (χ1) is 11.8. The van der Waals surface area contributed by atoms with Gasteiger partial charge in [-0.05, 0) is 50.9 Å². The first-order valence-corrected chi connectivity index (χ1v) is 9.35. The molecule has 24 heavy (non-hydrogen) atoms. The monoisotopic (exact) mass is 334 g/mol. The first kappa shape index (κ1) is 17.5. The molecular weight excluding hydrogens is 304 g/mol. The number of furan rings is 1. The van der Waals surface area contributed by atoms with Crippen molar-refractivity contribution in [2.24, 2.45) is 5.92 Å². The molecule has 1 amide bonds. The topological polar surface area (TPSA) is 45.9 Å². The number of rotatable bonds is 5. The Balaban J connectivity index is 1.62. The van der Waals surface area contributed by atoms with Crippen molar-refractivity contribution in [1.82, 2.24) is 9.80 Å². The molecule has 0 aromatic carbocycles. The summed E-state index contributed by atoms with van der Waals surface area (Å²) in [5.74, 6) is 1.45. The highest BCUT2D eigenvalue weighted by Gasteiger charge is 2.34. The van der Waals surface area contributed by atoms with E-state index >= 15 is 0 Å². The fourth-order valence-electron chi connectivity index (χ4n) is 4.01. The van der Waals surface area contributed by atoms with Gasteiger partial charge < -0.3 is 19.0 Å². The van der Waals surface area contributed by atoms with Gasteiger partial charge in [0.15, 0.2) is 0 Å². The highest BCUT2D eigenvalue weighted by atomic mass is 16.5. The van der Waals surface area contributed by atoms with Gasteiger partial charge in [0.05, 0.1) is 18.9 Å². The lowest BCUT2D eigenvalue weighted by molar-refractivity contribution is -0.140. The summed E-state index contributed by atoms with van der Waals surface area (Å²) in [5.41, 5.74) is 0. The van der Waals surface area contributed by atoms with Crippen LogP contribution in [0.25, 0.3) is 0 Å². The molecule has 0 saturated carbocycles. The Morgan fingerprint density at radius 1 is 1.21 bits per heavy atom. The number of carbonyl (C=O) groups excluding carboxylic acids is 1. The van der Waals surface area contributed by atoms with E-state index < -0.39 is 0 Å². The van der Waals surface area contributed by atoms with E-state index in [4.69, 9.17) is 9.15 Å². The van der Waals surface area contributed by atoms with E-state index in [-0.39, 0.29) is 12.0 Å². The highest BCUT2D eigenvalue weighted by molar-refractivity contribution is 5.79. The summed E-state index contributed by atoms with van der Waals surface area (Å²) in [6.45, 7) is 4.60. The summed E-state index contributed by atoms with van der Waals surface area (Å²) in [6, 6.07) is 4.07. The maximum Gasteiger partial charge on any atom is 0.226 e. The normalized spacial score (nSPS) is 24.0. The van der Waals surface area contributed by atoms with E-state index in [1.165, 1.54) is 12.8 Å². The van der Waals surface area contributed by atoms with Crippen LogP contribution in [0.4, 0.5) is 0 Å². The molecule has 134 valence electrons. The molecule has 1 aromatic heterocycles. The molecule has 0 N–H and O–H groups in total. The van der Waals surface area contributed by atoms with E-state index in [0.717, 1.165) is 64.2 Å². The number of carbonyl (C=O) groups is 1. The average Bonchev–Trinajstić information content (AvgIpc) is 3.04. The van der Waals surface area contributed by atoms with Gasteiger partial charge in [0.25, 0.3) is 0 Å². The third-order valence-corrected chi connectivity index (χ3v) is 5.46. The summed E-state index contributed by atoms with van der Waals surface area (Å²) >= 11 is 0. The van der Waals surface area contributed by atoms with Gasteiger partial charge in [0, 0.05) is 26.1 Å². The molecule has 0 bridgehead atoms. The smallest absolute Gasteiger partial charge is 0.226 e. The van der Waals surface area contributed by atoms with Gasteiger partial charge in [-0.3, -0.25) is 4.79 Å². The second-order valence-electron chi connectivity index (χ2n) is 7.02. The number of amides is 1. The molecule has 2 saturated heterocycles. The quantitative estimate of drug-likeness (QED) is 0.830. The molecule has 5 nitrogen and oxygen atoms in total. The number of piperidine rings is 1. The Morgan fingerprint density at radius 2 is 2.04 bits per heavy atom. The predicted octanol–water partition coefficient (Wildman–Crippen LogP) is 3.08. The lowest BCUT2D eigenvalue weighted by Gasteiger charge is -2.36. The van der Waals surface area contributed by atoms with Crippen LogP contribution in [0, 0.1) is 5.92 Å². The molecular formula is C19H30N2O3. The zero-order chi connectivity index (χ0) is 16.8. The Kier molecular flexibility index (Phi) is 6.32. The van der Waals surface area contributed by atoms with Crippen molar-refractivity contribution in [2.75, 3.05) is 39.9 Å². The molecule has 2 fully saturated rings. The number of methoxy groups -OCH3 is 1. The van der Waals surface area contributed by atoms with Gasteiger partial charge in [-0.2, -0.15) is 0 Å². The minimum absolute atomic E-state index is 0.126. The largest absolute Gasteiger partial charge is 0.467 e. The van der Waals surface area contributed by atoms with Crippen LogP contribution in [-0.4, -0.2) is 55.6 Å². The lowest BCUT2D eigenvalue weighted by Crippen LogP contribution is -2.44. The first-order valence-electron chi connectivity index (χ1n) is 9.35. The van der Waals surface area contributed by atoms with Crippen LogP contribution in [0.15, 0.2) is 22.8 Å². The highest BCUT2D eigenvalue weighted by Crippen LogP contribution is 2.33. The van der Waals surface area contributed by atoms with Crippen molar-refractivity contribution in [3.63, 3.8) is 0 Å². The molecule has 1 unspecified atom stereocenters. The summed E-state index contributed by atoms with van der Waals surface area (Å²) in [7, 11) is 1.74. The number of hydrogen-bond acceptors (Lipinski definition) is 4. The summed E-state index contributed by atoms with van der Waals surface area (Å²) in [6.07, 6.45) is 8.15. The van der Waals surface area contributed by atoms with Crippen LogP contribution in [0.3, 0.4) is 0 Å².